The normalized spacial score (nSPS) is 23.1. The minimum Gasteiger partial charge on any atom is -0.384 e. The molecule has 1 atom stereocenters. The molecule has 2 aliphatic rings. The fourth-order valence-corrected chi connectivity index (χ4v) is 4.91. The van der Waals surface area contributed by atoms with Gasteiger partial charge in [0, 0.05) is 64.0 Å². The van der Waals surface area contributed by atoms with E-state index in [1.807, 2.05) is 38.0 Å². The van der Waals surface area contributed by atoms with Crippen LogP contribution in [0.25, 0.3) is 0 Å². The molecule has 0 bridgehead atoms. The fourth-order valence-electron chi connectivity index (χ4n) is 4.91. The topological polar surface area (TPSA) is 41.5 Å². The van der Waals surface area contributed by atoms with E-state index < -0.39 is 0 Å². The van der Waals surface area contributed by atoms with E-state index in [9.17, 15) is 0 Å². The molecule has 144 valence electrons. The van der Waals surface area contributed by atoms with E-state index in [4.69, 9.17) is 4.74 Å². The van der Waals surface area contributed by atoms with Gasteiger partial charge in [0.15, 0.2) is 0 Å². The number of likely N-dealkylation sites (tertiary alicyclic amines) is 2. The second-order valence-corrected chi connectivity index (χ2v) is 8.18. The van der Waals surface area contributed by atoms with Crippen LogP contribution >= 0.6 is 0 Å². The molecular formula is C22H30N4O. The van der Waals surface area contributed by atoms with Crippen molar-refractivity contribution < 1.29 is 4.74 Å². The Bertz CT molecular complexity index is 701. The van der Waals surface area contributed by atoms with E-state index in [2.05, 4.69) is 38.0 Å². The van der Waals surface area contributed by atoms with Crippen LogP contribution in [0.15, 0.2) is 49.1 Å². The van der Waals surface area contributed by atoms with E-state index in [1.165, 1.54) is 43.6 Å². The van der Waals surface area contributed by atoms with Gasteiger partial charge in [-0.2, -0.15) is 0 Å². The highest BCUT2D eigenvalue weighted by atomic mass is 16.5. The van der Waals surface area contributed by atoms with E-state index >= 15 is 0 Å². The zero-order valence-electron chi connectivity index (χ0n) is 16.3. The van der Waals surface area contributed by atoms with Crippen LogP contribution in [0.4, 0.5) is 0 Å². The first-order chi connectivity index (χ1) is 13.3. The van der Waals surface area contributed by atoms with Crippen molar-refractivity contribution in [1.29, 1.82) is 0 Å². The lowest BCUT2D eigenvalue weighted by Gasteiger charge is -2.42. The molecule has 1 spiro atoms. The van der Waals surface area contributed by atoms with Gasteiger partial charge in [-0.1, -0.05) is 6.07 Å². The Morgan fingerprint density at radius 2 is 1.78 bits per heavy atom. The summed E-state index contributed by atoms with van der Waals surface area (Å²) in [5.41, 5.74) is 3.06. The summed E-state index contributed by atoms with van der Waals surface area (Å²) >= 11 is 0. The Morgan fingerprint density at radius 1 is 1.00 bits per heavy atom. The summed E-state index contributed by atoms with van der Waals surface area (Å²) in [6.07, 6.45) is 10.1. The zero-order valence-corrected chi connectivity index (χ0v) is 16.3. The predicted octanol–water partition coefficient (Wildman–Crippen LogP) is 2.84. The zero-order chi connectivity index (χ0) is 18.5. The number of methoxy groups -OCH3 is 1. The molecule has 1 unspecified atom stereocenters. The number of hydrogen-bond donors (Lipinski definition) is 0. The summed E-state index contributed by atoms with van der Waals surface area (Å²) in [7, 11) is 1.84. The number of piperidine rings is 1. The Morgan fingerprint density at radius 3 is 2.48 bits per heavy atom. The number of rotatable bonds is 6. The first-order valence-corrected chi connectivity index (χ1v) is 9.99. The highest BCUT2D eigenvalue weighted by Gasteiger charge is 2.47. The van der Waals surface area contributed by atoms with Crippen molar-refractivity contribution in [3.63, 3.8) is 0 Å². The summed E-state index contributed by atoms with van der Waals surface area (Å²) in [4.78, 5) is 13.6. The van der Waals surface area contributed by atoms with Crippen molar-refractivity contribution in [2.45, 2.75) is 25.9 Å². The summed E-state index contributed by atoms with van der Waals surface area (Å²) in [6.45, 7) is 7.55. The van der Waals surface area contributed by atoms with Crippen LogP contribution in [-0.4, -0.2) is 59.7 Å². The van der Waals surface area contributed by atoms with E-state index in [0.29, 0.717) is 11.3 Å². The van der Waals surface area contributed by atoms with Crippen molar-refractivity contribution in [1.82, 2.24) is 19.8 Å². The van der Waals surface area contributed by atoms with Gasteiger partial charge in [0.25, 0.3) is 0 Å². The lowest BCUT2D eigenvalue weighted by atomic mass is 9.71. The van der Waals surface area contributed by atoms with Crippen LogP contribution in [0.3, 0.4) is 0 Å². The molecule has 2 fully saturated rings. The molecule has 4 rings (SSSR count). The summed E-state index contributed by atoms with van der Waals surface area (Å²) in [5.74, 6) is 0.627. The Labute approximate surface area is 162 Å². The van der Waals surface area contributed by atoms with Gasteiger partial charge in [0.05, 0.1) is 6.61 Å². The minimum absolute atomic E-state index is 0.396. The summed E-state index contributed by atoms with van der Waals surface area (Å²) in [5, 5.41) is 0. The fraction of sp³-hybridized carbons (Fsp3) is 0.545. The first kappa shape index (κ1) is 18.5. The molecule has 2 aromatic heterocycles. The third-order valence-electron chi connectivity index (χ3n) is 6.39. The summed E-state index contributed by atoms with van der Waals surface area (Å²) < 4.78 is 5.61. The molecule has 0 amide bonds. The van der Waals surface area contributed by atoms with Crippen LogP contribution in [0, 0.1) is 11.3 Å². The molecular weight excluding hydrogens is 336 g/mol. The van der Waals surface area contributed by atoms with E-state index in [1.54, 1.807) is 0 Å². The molecule has 5 nitrogen and oxygen atoms in total. The molecule has 2 saturated heterocycles. The van der Waals surface area contributed by atoms with Gasteiger partial charge in [0.2, 0.25) is 0 Å². The van der Waals surface area contributed by atoms with Crippen LogP contribution < -0.4 is 0 Å². The lowest BCUT2D eigenvalue weighted by Crippen LogP contribution is -2.44. The maximum absolute atomic E-state index is 5.61. The minimum atomic E-state index is 0.396. The average Bonchev–Trinajstić information content (AvgIpc) is 3.02. The molecule has 0 saturated carbocycles. The Hall–Kier alpha value is -1.82. The van der Waals surface area contributed by atoms with Gasteiger partial charge in [-0.05, 0) is 60.7 Å². The number of pyridine rings is 2. The van der Waals surface area contributed by atoms with Crippen molar-refractivity contribution >= 4 is 0 Å². The largest absolute Gasteiger partial charge is 0.384 e. The van der Waals surface area contributed by atoms with Crippen LogP contribution in [0.1, 0.15) is 24.0 Å². The smallest absolute Gasteiger partial charge is 0.0508 e. The van der Waals surface area contributed by atoms with Crippen molar-refractivity contribution in [2.24, 2.45) is 11.3 Å². The highest BCUT2D eigenvalue weighted by Crippen LogP contribution is 2.45. The SMILES string of the molecule is COCC1CN(Cc2cccnc2)CC12CCN(Cc1ccncc1)CC2. The molecule has 0 radical (unpaired) electrons. The standard InChI is InChI=1S/C22H30N4O/c1-27-17-21-16-26(15-20-3-2-8-24-13-20)18-22(21)6-11-25(12-7-22)14-19-4-9-23-10-5-19/h2-5,8-10,13,21H,6-7,11-12,14-18H2,1H3. The Balaban J connectivity index is 1.38. The monoisotopic (exact) mass is 366 g/mol. The maximum atomic E-state index is 5.61. The van der Waals surface area contributed by atoms with Crippen LogP contribution in [0.2, 0.25) is 0 Å². The van der Waals surface area contributed by atoms with Crippen molar-refractivity contribution in [3.05, 3.63) is 60.2 Å². The molecule has 2 aliphatic heterocycles. The molecule has 0 N–H and O–H groups in total. The van der Waals surface area contributed by atoms with Gasteiger partial charge < -0.3 is 4.74 Å². The van der Waals surface area contributed by atoms with E-state index in [0.717, 1.165) is 26.2 Å². The van der Waals surface area contributed by atoms with Crippen molar-refractivity contribution in [2.75, 3.05) is 39.9 Å². The lowest BCUT2D eigenvalue weighted by molar-refractivity contribution is 0.0350. The quantitative estimate of drug-likeness (QED) is 0.786. The van der Waals surface area contributed by atoms with Gasteiger partial charge in [-0.15, -0.1) is 0 Å². The summed E-state index contributed by atoms with van der Waals surface area (Å²) in [6, 6.07) is 8.47. The third kappa shape index (κ3) is 4.37. The number of nitrogens with zero attached hydrogens (tertiary/aromatic N) is 4. The first-order valence-electron chi connectivity index (χ1n) is 9.99. The Kier molecular flexibility index (Phi) is 5.81. The second-order valence-electron chi connectivity index (χ2n) is 8.18. The van der Waals surface area contributed by atoms with Crippen LogP contribution in [0.5, 0.6) is 0 Å². The van der Waals surface area contributed by atoms with E-state index in [-0.39, 0.29) is 0 Å². The average molecular weight is 367 g/mol. The predicted molar refractivity (Wildman–Crippen MR) is 106 cm³/mol. The third-order valence-corrected chi connectivity index (χ3v) is 6.39. The molecule has 0 aliphatic carbocycles. The molecule has 27 heavy (non-hydrogen) atoms. The second kappa shape index (κ2) is 8.46. The maximum Gasteiger partial charge on any atom is 0.0508 e. The van der Waals surface area contributed by atoms with Gasteiger partial charge >= 0.3 is 0 Å². The molecule has 5 heteroatoms. The molecule has 2 aromatic rings. The van der Waals surface area contributed by atoms with Gasteiger partial charge in [-0.25, -0.2) is 0 Å². The van der Waals surface area contributed by atoms with Gasteiger partial charge in [0.1, 0.15) is 0 Å². The molecule has 0 aromatic carbocycles. The molecule has 4 heterocycles. The highest BCUT2D eigenvalue weighted by molar-refractivity contribution is 5.11. The van der Waals surface area contributed by atoms with Gasteiger partial charge in [-0.3, -0.25) is 19.8 Å². The number of aromatic nitrogens is 2. The van der Waals surface area contributed by atoms with Crippen LogP contribution in [-0.2, 0) is 17.8 Å². The van der Waals surface area contributed by atoms with Crippen molar-refractivity contribution in [3.8, 4) is 0 Å². The number of ether oxygens (including phenoxy) is 1. The number of hydrogen-bond acceptors (Lipinski definition) is 5.